The number of hydrogen-bond acceptors (Lipinski definition) is 4. The molecule has 3 rings (SSSR count). The van der Waals surface area contributed by atoms with Crippen molar-refractivity contribution in [2.45, 2.75) is 36.6 Å². The summed E-state index contributed by atoms with van der Waals surface area (Å²) in [4.78, 5) is 12.8. The minimum absolute atomic E-state index is 0.0265. The molecule has 2 fully saturated rings. The average Bonchev–Trinajstić information content (AvgIpc) is 3.45. The van der Waals surface area contributed by atoms with Crippen LogP contribution in [0.4, 0.5) is 0 Å². The predicted octanol–water partition coefficient (Wildman–Crippen LogP) is 0.941. The van der Waals surface area contributed by atoms with Gasteiger partial charge in [0.2, 0.25) is 15.9 Å². The van der Waals surface area contributed by atoms with Crippen molar-refractivity contribution in [2.24, 2.45) is 17.6 Å². The van der Waals surface area contributed by atoms with Gasteiger partial charge in [0.05, 0.1) is 10.8 Å². The maximum atomic E-state index is 12.7. The van der Waals surface area contributed by atoms with Crippen LogP contribution < -0.4 is 11.1 Å². The molecular formula is C17H25N3O3S. The smallest absolute Gasteiger partial charge is 0.243 e. The fourth-order valence-electron chi connectivity index (χ4n) is 3.28. The Morgan fingerprint density at radius 1 is 1.25 bits per heavy atom. The molecule has 1 amide bonds. The molecule has 0 spiro atoms. The van der Waals surface area contributed by atoms with E-state index in [9.17, 15) is 13.2 Å². The second-order valence-electron chi connectivity index (χ2n) is 6.70. The van der Waals surface area contributed by atoms with Gasteiger partial charge in [0.15, 0.2) is 0 Å². The molecule has 2 unspecified atom stereocenters. The number of sulfonamides is 1. The number of hydrogen-bond donors (Lipinski definition) is 2. The monoisotopic (exact) mass is 351 g/mol. The van der Waals surface area contributed by atoms with E-state index in [0.29, 0.717) is 31.8 Å². The fourth-order valence-corrected chi connectivity index (χ4v) is 4.83. The van der Waals surface area contributed by atoms with E-state index in [1.165, 1.54) is 4.31 Å². The molecule has 2 atom stereocenters. The Morgan fingerprint density at radius 3 is 2.58 bits per heavy atom. The zero-order chi connectivity index (χ0) is 17.2. The molecule has 2 aliphatic rings. The van der Waals surface area contributed by atoms with Crippen LogP contribution in [0.5, 0.6) is 0 Å². The summed E-state index contributed by atoms with van der Waals surface area (Å²) >= 11 is 0. The molecule has 0 bridgehead atoms. The molecule has 1 aromatic rings. The molecule has 6 nitrogen and oxygen atoms in total. The van der Waals surface area contributed by atoms with Crippen molar-refractivity contribution in [3.63, 3.8) is 0 Å². The molecule has 1 saturated carbocycles. The van der Waals surface area contributed by atoms with Crippen LogP contribution in [0.2, 0.25) is 0 Å². The molecule has 0 aromatic heterocycles. The minimum Gasteiger partial charge on any atom is -0.352 e. The third kappa shape index (κ3) is 3.79. The molecule has 1 aliphatic carbocycles. The van der Waals surface area contributed by atoms with Gasteiger partial charge in [-0.25, -0.2) is 8.42 Å². The van der Waals surface area contributed by atoms with Crippen molar-refractivity contribution >= 4 is 15.9 Å². The molecule has 3 N–H and O–H groups in total. The lowest BCUT2D eigenvalue weighted by Gasteiger charge is -2.32. The Morgan fingerprint density at radius 2 is 1.96 bits per heavy atom. The van der Waals surface area contributed by atoms with Crippen LogP contribution >= 0.6 is 0 Å². The number of piperidine rings is 1. The summed E-state index contributed by atoms with van der Waals surface area (Å²) in [6.45, 7) is 1.14. The van der Waals surface area contributed by atoms with Gasteiger partial charge in [0.25, 0.3) is 0 Å². The molecule has 1 saturated heterocycles. The SMILES string of the molecule is NCC(NC(=O)C1CCCN(S(=O)(=O)c2ccccc2)C1)C1CC1. The van der Waals surface area contributed by atoms with Gasteiger partial charge in [-0.3, -0.25) is 4.79 Å². The third-order valence-corrected chi connectivity index (χ3v) is 6.79. The van der Waals surface area contributed by atoms with Gasteiger partial charge in [-0.2, -0.15) is 4.31 Å². The van der Waals surface area contributed by atoms with Crippen molar-refractivity contribution < 1.29 is 13.2 Å². The standard InChI is InChI=1S/C17H25N3O3S/c18-11-16(13-8-9-13)19-17(21)14-5-4-10-20(12-14)24(22,23)15-6-2-1-3-7-15/h1-3,6-7,13-14,16H,4-5,8-12,18H2,(H,19,21). The predicted molar refractivity (Wildman–Crippen MR) is 91.6 cm³/mol. The molecule has 1 aromatic carbocycles. The number of nitrogens with one attached hydrogen (secondary N) is 1. The highest BCUT2D eigenvalue weighted by atomic mass is 32.2. The van der Waals surface area contributed by atoms with E-state index in [-0.39, 0.29) is 29.3 Å². The van der Waals surface area contributed by atoms with E-state index in [4.69, 9.17) is 5.73 Å². The molecule has 1 heterocycles. The largest absolute Gasteiger partial charge is 0.352 e. The van der Waals surface area contributed by atoms with Crippen LogP contribution in [0, 0.1) is 11.8 Å². The fraction of sp³-hybridized carbons (Fsp3) is 0.588. The highest BCUT2D eigenvalue weighted by Crippen LogP contribution is 2.32. The van der Waals surface area contributed by atoms with Gasteiger partial charge in [-0.1, -0.05) is 18.2 Å². The second-order valence-corrected chi connectivity index (χ2v) is 8.64. The van der Waals surface area contributed by atoms with Gasteiger partial charge in [-0.05, 0) is 43.7 Å². The summed E-state index contributed by atoms with van der Waals surface area (Å²) in [6.07, 6.45) is 3.64. The maximum Gasteiger partial charge on any atom is 0.243 e. The highest BCUT2D eigenvalue weighted by Gasteiger charge is 2.36. The molecule has 24 heavy (non-hydrogen) atoms. The van der Waals surface area contributed by atoms with Crippen molar-refractivity contribution in [2.75, 3.05) is 19.6 Å². The number of rotatable bonds is 6. The lowest BCUT2D eigenvalue weighted by molar-refractivity contribution is -0.126. The van der Waals surface area contributed by atoms with Crippen molar-refractivity contribution in [3.8, 4) is 0 Å². The Hall–Kier alpha value is -1.44. The molecular weight excluding hydrogens is 326 g/mol. The number of carbonyl (C=O) groups is 1. The number of amides is 1. The summed E-state index contributed by atoms with van der Waals surface area (Å²) in [5, 5.41) is 3.02. The van der Waals surface area contributed by atoms with E-state index in [0.717, 1.165) is 12.8 Å². The summed E-state index contributed by atoms with van der Waals surface area (Å²) in [5.41, 5.74) is 5.74. The lowest BCUT2D eigenvalue weighted by atomic mass is 9.98. The normalized spacial score (nSPS) is 23.6. The quantitative estimate of drug-likeness (QED) is 0.798. The van der Waals surface area contributed by atoms with Crippen molar-refractivity contribution in [1.82, 2.24) is 9.62 Å². The van der Waals surface area contributed by atoms with E-state index in [2.05, 4.69) is 5.32 Å². The van der Waals surface area contributed by atoms with Crippen molar-refractivity contribution in [3.05, 3.63) is 30.3 Å². The van der Waals surface area contributed by atoms with Crippen LogP contribution in [-0.4, -0.2) is 44.3 Å². The summed E-state index contributed by atoms with van der Waals surface area (Å²) in [7, 11) is -3.54. The van der Waals surface area contributed by atoms with Crippen LogP contribution in [0.25, 0.3) is 0 Å². The molecule has 1 aliphatic heterocycles. The number of benzene rings is 1. The highest BCUT2D eigenvalue weighted by molar-refractivity contribution is 7.89. The van der Waals surface area contributed by atoms with Crippen LogP contribution in [0.15, 0.2) is 35.2 Å². The Labute approximate surface area is 143 Å². The van der Waals surface area contributed by atoms with Gasteiger partial charge < -0.3 is 11.1 Å². The first-order chi connectivity index (χ1) is 11.5. The zero-order valence-electron chi connectivity index (χ0n) is 13.7. The third-order valence-electron chi connectivity index (χ3n) is 4.91. The Bertz CT molecular complexity index is 674. The maximum absolute atomic E-state index is 12.7. The van der Waals surface area contributed by atoms with E-state index >= 15 is 0 Å². The molecule has 0 radical (unpaired) electrons. The number of nitrogens with two attached hydrogens (primary N) is 1. The van der Waals surface area contributed by atoms with Gasteiger partial charge in [0, 0.05) is 25.7 Å². The first-order valence-corrected chi connectivity index (χ1v) is 10.0. The second kappa shape index (κ2) is 7.21. The average molecular weight is 351 g/mol. The summed E-state index contributed by atoms with van der Waals surface area (Å²) < 4.78 is 26.9. The van der Waals surface area contributed by atoms with E-state index < -0.39 is 10.0 Å². The zero-order valence-corrected chi connectivity index (χ0v) is 14.5. The summed E-state index contributed by atoms with van der Waals surface area (Å²) in [5.74, 6) is 0.127. The van der Waals surface area contributed by atoms with Crippen LogP contribution in [-0.2, 0) is 14.8 Å². The summed E-state index contributed by atoms with van der Waals surface area (Å²) in [6, 6.07) is 8.42. The van der Waals surface area contributed by atoms with Gasteiger partial charge >= 0.3 is 0 Å². The Kier molecular flexibility index (Phi) is 5.22. The number of carbonyl (C=O) groups excluding carboxylic acids is 1. The number of nitrogens with zero attached hydrogens (tertiary/aromatic N) is 1. The van der Waals surface area contributed by atoms with Gasteiger partial charge in [-0.15, -0.1) is 0 Å². The first-order valence-electron chi connectivity index (χ1n) is 8.58. The van der Waals surface area contributed by atoms with Crippen LogP contribution in [0.3, 0.4) is 0 Å². The van der Waals surface area contributed by atoms with Crippen molar-refractivity contribution in [1.29, 1.82) is 0 Å². The van der Waals surface area contributed by atoms with Gasteiger partial charge in [0.1, 0.15) is 0 Å². The van der Waals surface area contributed by atoms with E-state index in [1.54, 1.807) is 30.3 Å². The molecule has 7 heteroatoms. The first kappa shape index (κ1) is 17.4. The van der Waals surface area contributed by atoms with Crippen LogP contribution in [0.1, 0.15) is 25.7 Å². The Balaban J connectivity index is 1.66. The molecule has 132 valence electrons. The van der Waals surface area contributed by atoms with E-state index in [1.807, 2.05) is 0 Å². The topological polar surface area (TPSA) is 92.5 Å². The lowest BCUT2D eigenvalue weighted by Crippen LogP contribution is -2.49. The minimum atomic E-state index is -3.54.